The van der Waals surface area contributed by atoms with E-state index >= 15 is 0 Å². The van der Waals surface area contributed by atoms with Crippen molar-refractivity contribution < 1.29 is 38.9 Å². The second kappa shape index (κ2) is 5.12. The molecule has 23 heavy (non-hydrogen) atoms. The first-order chi connectivity index (χ1) is 10.2. The molecule has 0 fully saturated rings. The molecule has 126 valence electrons. The van der Waals surface area contributed by atoms with Gasteiger partial charge in [-0.2, -0.15) is 25.3 Å². The number of nitrogens with two attached hydrogens (primary N) is 1. The smallest absolute Gasteiger partial charge is 0.295 e. The normalized spacial score (nSPS) is 13.3. The number of fused-ring (bicyclic) bond motifs is 1. The molecule has 0 saturated heterocycles. The summed E-state index contributed by atoms with van der Waals surface area (Å²) >= 11 is 0. The van der Waals surface area contributed by atoms with E-state index in [1.165, 1.54) is 0 Å². The third-order valence-electron chi connectivity index (χ3n) is 2.91. The minimum Gasteiger partial charge on any atom is -0.398 e. The lowest BCUT2D eigenvalue weighted by Gasteiger charge is -2.11. The van der Waals surface area contributed by atoms with Crippen molar-refractivity contribution in [2.45, 2.75) is 14.7 Å². The van der Waals surface area contributed by atoms with Gasteiger partial charge in [-0.1, -0.05) is 0 Å². The average Bonchev–Trinajstić information content (AvgIpc) is 2.34. The average molecular weight is 383 g/mol. The van der Waals surface area contributed by atoms with Gasteiger partial charge in [0.25, 0.3) is 30.4 Å². The van der Waals surface area contributed by atoms with E-state index in [1.54, 1.807) is 0 Å². The van der Waals surface area contributed by atoms with Crippen molar-refractivity contribution in [3.8, 4) is 0 Å². The van der Waals surface area contributed by atoms with Crippen molar-refractivity contribution >= 4 is 46.8 Å². The fourth-order valence-corrected chi connectivity index (χ4v) is 4.45. The Kier molecular flexibility index (Phi) is 3.91. The standard InChI is InChI=1S/C10H9NO9S3/c11-7-1-2-8(21(12,13)14)6-4-10(23(18,19)20)9(3-5(6)7)22(15,16)17/h1-4H,11H2,(H,12,13,14)(H,15,16,17)(H,18,19,20). The van der Waals surface area contributed by atoms with Gasteiger partial charge in [0, 0.05) is 16.5 Å². The number of nitrogen functional groups attached to an aromatic ring is 1. The summed E-state index contributed by atoms with van der Waals surface area (Å²) in [5.41, 5.74) is 5.42. The van der Waals surface area contributed by atoms with Crippen LogP contribution < -0.4 is 5.73 Å². The predicted molar refractivity (Wildman–Crippen MR) is 77.8 cm³/mol. The molecule has 0 bridgehead atoms. The Balaban J connectivity index is 3.18. The number of benzene rings is 2. The number of anilines is 1. The molecule has 0 unspecified atom stereocenters. The molecule has 0 atom stereocenters. The lowest BCUT2D eigenvalue weighted by Crippen LogP contribution is -2.10. The summed E-state index contributed by atoms with van der Waals surface area (Å²) in [6.07, 6.45) is 0. The molecule has 13 heteroatoms. The Hall–Kier alpha value is -1.77. The topological polar surface area (TPSA) is 189 Å². The minimum atomic E-state index is -5.14. The Morgan fingerprint density at radius 3 is 1.43 bits per heavy atom. The largest absolute Gasteiger partial charge is 0.398 e. The molecule has 0 heterocycles. The van der Waals surface area contributed by atoms with Crippen molar-refractivity contribution in [3.63, 3.8) is 0 Å². The minimum absolute atomic E-state index is 0.154. The first-order valence-electron chi connectivity index (χ1n) is 5.51. The van der Waals surface area contributed by atoms with E-state index in [4.69, 9.17) is 19.4 Å². The Morgan fingerprint density at radius 2 is 1.04 bits per heavy atom. The fraction of sp³-hybridized carbons (Fsp3) is 0. The molecule has 0 aliphatic carbocycles. The highest BCUT2D eigenvalue weighted by atomic mass is 32.2. The molecule has 0 amide bonds. The highest BCUT2D eigenvalue weighted by Gasteiger charge is 2.27. The maximum absolute atomic E-state index is 11.3. The van der Waals surface area contributed by atoms with Crippen LogP contribution in [0, 0.1) is 0 Å². The van der Waals surface area contributed by atoms with Crippen LogP contribution in [-0.2, 0) is 30.4 Å². The van der Waals surface area contributed by atoms with Gasteiger partial charge in [0.1, 0.15) is 14.7 Å². The van der Waals surface area contributed by atoms with Crippen molar-refractivity contribution in [3.05, 3.63) is 24.3 Å². The monoisotopic (exact) mass is 383 g/mol. The van der Waals surface area contributed by atoms with Crippen LogP contribution in [-0.4, -0.2) is 38.9 Å². The molecule has 0 aromatic heterocycles. The lowest BCUT2D eigenvalue weighted by atomic mass is 10.1. The predicted octanol–water partition coefficient (Wildman–Crippen LogP) is 0.162. The maximum Gasteiger partial charge on any atom is 0.295 e. The third kappa shape index (κ3) is 3.29. The Morgan fingerprint density at radius 1 is 0.652 bits per heavy atom. The first-order valence-corrected chi connectivity index (χ1v) is 9.83. The summed E-state index contributed by atoms with van der Waals surface area (Å²) in [6.45, 7) is 0. The summed E-state index contributed by atoms with van der Waals surface area (Å²) in [6, 6.07) is 2.96. The summed E-state index contributed by atoms with van der Waals surface area (Å²) in [4.78, 5) is -3.21. The second-order valence-electron chi connectivity index (χ2n) is 4.42. The van der Waals surface area contributed by atoms with Crippen LogP contribution in [0.1, 0.15) is 0 Å². The van der Waals surface area contributed by atoms with Crippen LogP contribution in [0.5, 0.6) is 0 Å². The molecule has 0 radical (unpaired) electrons. The molecule has 0 aliphatic rings. The van der Waals surface area contributed by atoms with Crippen molar-refractivity contribution in [1.82, 2.24) is 0 Å². The number of hydrogen-bond acceptors (Lipinski definition) is 7. The molecule has 0 saturated carbocycles. The highest BCUT2D eigenvalue weighted by molar-refractivity contribution is 7.89. The van der Waals surface area contributed by atoms with Gasteiger partial charge in [-0.25, -0.2) is 0 Å². The number of hydrogen-bond donors (Lipinski definition) is 4. The highest BCUT2D eigenvalue weighted by Crippen LogP contribution is 2.34. The van der Waals surface area contributed by atoms with Crippen LogP contribution in [0.3, 0.4) is 0 Å². The summed E-state index contributed by atoms with van der Waals surface area (Å²) in [5, 5.41) is -0.715. The van der Waals surface area contributed by atoms with Crippen LogP contribution in [0.15, 0.2) is 39.0 Å². The van der Waals surface area contributed by atoms with E-state index in [0.717, 1.165) is 12.1 Å². The van der Waals surface area contributed by atoms with Crippen LogP contribution in [0.25, 0.3) is 10.8 Å². The van der Waals surface area contributed by atoms with Crippen molar-refractivity contribution in [2.24, 2.45) is 0 Å². The Labute approximate surface area is 130 Å². The second-order valence-corrected chi connectivity index (χ2v) is 8.59. The van der Waals surface area contributed by atoms with Crippen molar-refractivity contribution in [1.29, 1.82) is 0 Å². The van der Waals surface area contributed by atoms with E-state index in [2.05, 4.69) is 0 Å². The van der Waals surface area contributed by atoms with E-state index in [0.29, 0.717) is 12.1 Å². The molecule has 10 nitrogen and oxygen atoms in total. The van der Waals surface area contributed by atoms with E-state index in [1.807, 2.05) is 0 Å². The van der Waals surface area contributed by atoms with Gasteiger partial charge in [-0.05, 0) is 24.3 Å². The third-order valence-corrected chi connectivity index (χ3v) is 5.74. The molecule has 0 spiro atoms. The zero-order valence-corrected chi connectivity index (χ0v) is 13.4. The van der Waals surface area contributed by atoms with Gasteiger partial charge >= 0.3 is 0 Å². The first kappa shape index (κ1) is 17.6. The zero-order valence-electron chi connectivity index (χ0n) is 10.9. The quantitative estimate of drug-likeness (QED) is 0.419. The molecular weight excluding hydrogens is 374 g/mol. The van der Waals surface area contributed by atoms with Gasteiger partial charge < -0.3 is 5.73 Å². The summed E-state index contributed by atoms with van der Waals surface area (Å²) in [5.74, 6) is 0. The maximum atomic E-state index is 11.3. The van der Waals surface area contributed by atoms with Crippen LogP contribution >= 0.6 is 0 Å². The molecular formula is C10H9NO9S3. The van der Waals surface area contributed by atoms with Crippen LogP contribution in [0.2, 0.25) is 0 Å². The van der Waals surface area contributed by atoms with Gasteiger partial charge in [-0.15, -0.1) is 0 Å². The molecule has 2 aromatic rings. The van der Waals surface area contributed by atoms with Gasteiger partial charge in [0.15, 0.2) is 0 Å². The molecule has 2 rings (SSSR count). The fourth-order valence-electron chi connectivity index (χ4n) is 1.98. The molecule has 0 aliphatic heterocycles. The zero-order chi connectivity index (χ0) is 17.8. The van der Waals surface area contributed by atoms with E-state index in [-0.39, 0.29) is 11.1 Å². The van der Waals surface area contributed by atoms with Gasteiger partial charge in [0.2, 0.25) is 0 Å². The van der Waals surface area contributed by atoms with Crippen LogP contribution in [0.4, 0.5) is 5.69 Å². The van der Waals surface area contributed by atoms with Gasteiger partial charge in [0.05, 0.1) is 0 Å². The molecule has 5 N–H and O–H groups in total. The lowest BCUT2D eigenvalue weighted by molar-refractivity contribution is 0.467. The Bertz CT molecular complexity index is 1130. The SMILES string of the molecule is Nc1ccc(S(=O)(=O)O)c2cc(S(=O)(=O)O)c(S(=O)(=O)O)cc12. The van der Waals surface area contributed by atoms with E-state index < -0.39 is 50.4 Å². The molecule has 2 aromatic carbocycles. The van der Waals surface area contributed by atoms with Crippen molar-refractivity contribution in [2.75, 3.05) is 5.73 Å². The summed E-state index contributed by atoms with van der Waals surface area (Å²) < 4.78 is 95.3. The number of rotatable bonds is 3. The summed E-state index contributed by atoms with van der Waals surface area (Å²) in [7, 11) is -15.0. The van der Waals surface area contributed by atoms with E-state index in [9.17, 15) is 25.3 Å². The van der Waals surface area contributed by atoms with Gasteiger partial charge in [-0.3, -0.25) is 13.7 Å².